The van der Waals surface area contributed by atoms with E-state index < -0.39 is 0 Å². The standard InChI is InChI=1S/C8H8N2O/c9-4-1-2-8(11)7-3-5-10-6-7/h3,5-6,10H,1-2H2. The van der Waals surface area contributed by atoms with E-state index in [9.17, 15) is 4.79 Å². The van der Waals surface area contributed by atoms with Crippen molar-refractivity contribution in [3.63, 3.8) is 0 Å². The molecule has 3 nitrogen and oxygen atoms in total. The fourth-order valence-electron chi connectivity index (χ4n) is 0.811. The van der Waals surface area contributed by atoms with Gasteiger partial charge < -0.3 is 4.98 Å². The van der Waals surface area contributed by atoms with E-state index in [1.54, 1.807) is 18.5 Å². The van der Waals surface area contributed by atoms with Gasteiger partial charge in [0.1, 0.15) is 0 Å². The lowest BCUT2D eigenvalue weighted by Crippen LogP contribution is -1.95. The third-order valence-electron chi connectivity index (χ3n) is 1.38. The largest absolute Gasteiger partial charge is 0.367 e. The normalized spacial score (nSPS) is 9.00. The molecular formula is C8H8N2O. The minimum absolute atomic E-state index is 0.0211. The minimum Gasteiger partial charge on any atom is -0.367 e. The molecule has 0 aliphatic rings. The number of H-pyrrole nitrogens is 1. The molecule has 0 bridgehead atoms. The lowest BCUT2D eigenvalue weighted by molar-refractivity contribution is 0.0984. The van der Waals surface area contributed by atoms with Gasteiger partial charge in [0.05, 0.1) is 6.07 Å². The van der Waals surface area contributed by atoms with Gasteiger partial charge in [-0.05, 0) is 6.07 Å². The van der Waals surface area contributed by atoms with Crippen molar-refractivity contribution in [1.29, 1.82) is 5.26 Å². The molecular weight excluding hydrogens is 140 g/mol. The average Bonchev–Trinajstić information content (AvgIpc) is 2.52. The van der Waals surface area contributed by atoms with Crippen LogP contribution < -0.4 is 0 Å². The van der Waals surface area contributed by atoms with Gasteiger partial charge in [-0.15, -0.1) is 0 Å². The molecule has 11 heavy (non-hydrogen) atoms. The molecule has 3 heteroatoms. The highest BCUT2D eigenvalue weighted by Gasteiger charge is 2.03. The Morgan fingerprint density at radius 3 is 3.09 bits per heavy atom. The van der Waals surface area contributed by atoms with Gasteiger partial charge >= 0.3 is 0 Å². The molecule has 1 aromatic rings. The predicted octanol–water partition coefficient (Wildman–Crippen LogP) is 1.50. The third kappa shape index (κ3) is 1.94. The minimum atomic E-state index is 0.0211. The maximum Gasteiger partial charge on any atom is 0.165 e. The SMILES string of the molecule is N#CCCC(=O)c1cc[nH]c1. The summed E-state index contributed by atoms with van der Waals surface area (Å²) in [5.74, 6) is 0.0211. The molecule has 56 valence electrons. The second-order valence-corrected chi connectivity index (χ2v) is 2.18. The maximum atomic E-state index is 11.1. The van der Waals surface area contributed by atoms with Gasteiger partial charge in [0, 0.05) is 30.8 Å². The number of nitrogens with one attached hydrogen (secondary N) is 1. The van der Waals surface area contributed by atoms with Crippen LogP contribution >= 0.6 is 0 Å². The van der Waals surface area contributed by atoms with Crippen LogP contribution in [0.1, 0.15) is 23.2 Å². The number of aromatic nitrogens is 1. The first-order valence-electron chi connectivity index (χ1n) is 3.37. The van der Waals surface area contributed by atoms with E-state index in [2.05, 4.69) is 4.98 Å². The molecule has 1 heterocycles. The summed E-state index contributed by atoms with van der Waals surface area (Å²) in [6.45, 7) is 0. The summed E-state index contributed by atoms with van der Waals surface area (Å²) in [5.41, 5.74) is 0.653. The Labute approximate surface area is 64.7 Å². The number of Topliss-reactive ketones (excluding diaryl/α,β-unsaturated/α-hetero) is 1. The molecule has 1 aromatic heterocycles. The molecule has 0 aromatic carbocycles. The molecule has 1 N–H and O–H groups in total. The first-order chi connectivity index (χ1) is 5.34. The molecule has 0 amide bonds. The number of hydrogen-bond donors (Lipinski definition) is 1. The van der Waals surface area contributed by atoms with Crippen molar-refractivity contribution < 1.29 is 4.79 Å². The van der Waals surface area contributed by atoms with Crippen LogP contribution in [0.2, 0.25) is 0 Å². The number of hydrogen-bond acceptors (Lipinski definition) is 2. The van der Waals surface area contributed by atoms with Gasteiger partial charge in [-0.25, -0.2) is 0 Å². The second kappa shape index (κ2) is 3.57. The van der Waals surface area contributed by atoms with E-state index in [4.69, 9.17) is 5.26 Å². The van der Waals surface area contributed by atoms with Crippen LogP contribution in [0.3, 0.4) is 0 Å². The van der Waals surface area contributed by atoms with Gasteiger partial charge in [0.25, 0.3) is 0 Å². The van der Waals surface area contributed by atoms with Crippen LogP contribution in [0.25, 0.3) is 0 Å². The first-order valence-corrected chi connectivity index (χ1v) is 3.37. The monoisotopic (exact) mass is 148 g/mol. The van der Waals surface area contributed by atoms with Gasteiger partial charge in [0.15, 0.2) is 5.78 Å². The molecule has 0 radical (unpaired) electrons. The lowest BCUT2D eigenvalue weighted by atomic mass is 10.1. The number of nitrogens with zero attached hydrogens (tertiary/aromatic N) is 1. The fraction of sp³-hybridized carbons (Fsp3) is 0.250. The molecule has 0 saturated heterocycles. The van der Waals surface area contributed by atoms with E-state index in [1.807, 2.05) is 6.07 Å². The quantitative estimate of drug-likeness (QED) is 0.660. The zero-order chi connectivity index (χ0) is 8.10. The Bertz CT molecular complexity index is 269. The molecule has 0 aliphatic carbocycles. The van der Waals surface area contributed by atoms with Crippen LogP contribution in [-0.2, 0) is 0 Å². The Morgan fingerprint density at radius 2 is 2.55 bits per heavy atom. The van der Waals surface area contributed by atoms with Gasteiger partial charge in [-0.3, -0.25) is 4.79 Å². The molecule has 0 aliphatic heterocycles. The number of ketones is 1. The number of carbonyl (C=O) groups is 1. The molecule has 0 unspecified atom stereocenters. The molecule has 0 atom stereocenters. The molecule has 0 saturated carbocycles. The Balaban J connectivity index is 2.51. The van der Waals surface area contributed by atoms with Crippen molar-refractivity contribution in [1.82, 2.24) is 4.98 Å². The average molecular weight is 148 g/mol. The van der Waals surface area contributed by atoms with Gasteiger partial charge in [-0.1, -0.05) is 0 Å². The summed E-state index contributed by atoms with van der Waals surface area (Å²) in [7, 11) is 0. The zero-order valence-electron chi connectivity index (χ0n) is 6.00. The summed E-state index contributed by atoms with van der Waals surface area (Å²) in [5, 5.41) is 8.20. The van der Waals surface area contributed by atoms with E-state index >= 15 is 0 Å². The highest BCUT2D eigenvalue weighted by molar-refractivity contribution is 5.95. The highest BCUT2D eigenvalue weighted by atomic mass is 16.1. The van der Waals surface area contributed by atoms with Crippen LogP contribution in [-0.4, -0.2) is 10.8 Å². The Morgan fingerprint density at radius 1 is 1.73 bits per heavy atom. The van der Waals surface area contributed by atoms with Crippen LogP contribution in [0, 0.1) is 11.3 Å². The van der Waals surface area contributed by atoms with Crippen molar-refractivity contribution >= 4 is 5.78 Å². The van der Waals surface area contributed by atoms with Crippen molar-refractivity contribution in [2.75, 3.05) is 0 Å². The third-order valence-corrected chi connectivity index (χ3v) is 1.38. The second-order valence-electron chi connectivity index (χ2n) is 2.18. The van der Waals surface area contributed by atoms with Crippen LogP contribution in [0.5, 0.6) is 0 Å². The molecule has 0 spiro atoms. The summed E-state index contributed by atoms with van der Waals surface area (Å²) < 4.78 is 0. The maximum absolute atomic E-state index is 11.1. The Hall–Kier alpha value is -1.56. The Kier molecular flexibility index (Phi) is 2.45. The molecule has 0 fully saturated rings. The van der Waals surface area contributed by atoms with E-state index in [0.29, 0.717) is 18.4 Å². The summed E-state index contributed by atoms with van der Waals surface area (Å²) in [4.78, 5) is 13.9. The summed E-state index contributed by atoms with van der Waals surface area (Å²) >= 11 is 0. The summed E-state index contributed by atoms with van der Waals surface area (Å²) in [6.07, 6.45) is 3.94. The number of rotatable bonds is 3. The molecule has 1 rings (SSSR count). The topological polar surface area (TPSA) is 56.6 Å². The van der Waals surface area contributed by atoms with Crippen molar-refractivity contribution in [3.8, 4) is 6.07 Å². The van der Waals surface area contributed by atoms with Crippen LogP contribution in [0.4, 0.5) is 0 Å². The zero-order valence-corrected chi connectivity index (χ0v) is 6.00. The number of aromatic amines is 1. The van der Waals surface area contributed by atoms with Crippen molar-refractivity contribution in [2.24, 2.45) is 0 Å². The number of nitriles is 1. The smallest absolute Gasteiger partial charge is 0.165 e. The van der Waals surface area contributed by atoms with E-state index in [-0.39, 0.29) is 5.78 Å². The van der Waals surface area contributed by atoms with Crippen molar-refractivity contribution in [2.45, 2.75) is 12.8 Å². The van der Waals surface area contributed by atoms with Crippen LogP contribution in [0.15, 0.2) is 18.5 Å². The lowest BCUT2D eigenvalue weighted by Gasteiger charge is -1.89. The van der Waals surface area contributed by atoms with Gasteiger partial charge in [-0.2, -0.15) is 5.26 Å². The van der Waals surface area contributed by atoms with E-state index in [1.165, 1.54) is 0 Å². The highest BCUT2D eigenvalue weighted by Crippen LogP contribution is 2.02. The first kappa shape index (κ1) is 7.55. The van der Waals surface area contributed by atoms with Crippen molar-refractivity contribution in [3.05, 3.63) is 24.0 Å². The summed E-state index contributed by atoms with van der Waals surface area (Å²) in [6, 6.07) is 3.64. The van der Waals surface area contributed by atoms with E-state index in [0.717, 1.165) is 0 Å². The predicted molar refractivity (Wildman–Crippen MR) is 40.0 cm³/mol. The van der Waals surface area contributed by atoms with Gasteiger partial charge in [0.2, 0.25) is 0 Å². The fourth-order valence-corrected chi connectivity index (χ4v) is 0.811. The number of carbonyl (C=O) groups excluding carboxylic acids is 1.